The van der Waals surface area contributed by atoms with Crippen LogP contribution >= 0.6 is 0 Å². The Bertz CT molecular complexity index is 167. The van der Waals surface area contributed by atoms with Gasteiger partial charge in [-0.05, 0) is 6.42 Å². The zero-order valence-electron chi connectivity index (χ0n) is 9.73. The Hall–Kier alpha value is -0.650. The summed E-state index contributed by atoms with van der Waals surface area (Å²) in [7, 11) is 3.21. The minimum Gasteiger partial charge on any atom is -0.480 e. The number of methoxy groups -OCH3 is 2. The molecule has 0 aliphatic carbocycles. The van der Waals surface area contributed by atoms with Gasteiger partial charge in [0.1, 0.15) is 6.04 Å². The number of hydrogen-bond acceptors (Lipinski definition) is 4. The molecule has 15 heavy (non-hydrogen) atoms. The van der Waals surface area contributed by atoms with Crippen LogP contribution in [0.2, 0.25) is 0 Å². The molecule has 0 fully saturated rings. The molecule has 0 saturated heterocycles. The quantitative estimate of drug-likeness (QED) is 0.610. The lowest BCUT2D eigenvalue weighted by Gasteiger charge is -2.27. The SMILES string of the molecule is CCC(C(=O)O)N(CCOC)CCOC. The average molecular weight is 219 g/mol. The lowest BCUT2D eigenvalue weighted by atomic mass is 10.2. The normalized spacial score (nSPS) is 13.1. The van der Waals surface area contributed by atoms with E-state index < -0.39 is 12.0 Å². The van der Waals surface area contributed by atoms with Gasteiger partial charge in [0.15, 0.2) is 0 Å². The minimum absolute atomic E-state index is 0.449. The first-order chi connectivity index (χ1) is 7.17. The summed E-state index contributed by atoms with van der Waals surface area (Å²) in [5.74, 6) is -0.787. The first kappa shape index (κ1) is 14.3. The number of hydrogen-bond donors (Lipinski definition) is 1. The fourth-order valence-corrected chi connectivity index (χ4v) is 1.43. The predicted molar refractivity (Wildman–Crippen MR) is 57.0 cm³/mol. The van der Waals surface area contributed by atoms with Crippen molar-refractivity contribution >= 4 is 5.97 Å². The standard InChI is InChI=1S/C10H21NO4/c1-4-9(10(12)13)11(5-7-14-2)6-8-15-3/h9H,4-8H2,1-3H3,(H,12,13). The molecule has 1 unspecified atom stereocenters. The number of nitrogens with zero attached hydrogens (tertiary/aromatic N) is 1. The number of rotatable bonds is 9. The number of carbonyl (C=O) groups is 1. The number of ether oxygens (including phenoxy) is 2. The Morgan fingerprint density at radius 3 is 2.00 bits per heavy atom. The van der Waals surface area contributed by atoms with E-state index in [1.54, 1.807) is 14.2 Å². The van der Waals surface area contributed by atoms with Crippen LogP contribution in [-0.4, -0.2) is 62.5 Å². The van der Waals surface area contributed by atoms with Gasteiger partial charge in [0.2, 0.25) is 0 Å². The van der Waals surface area contributed by atoms with Crippen molar-refractivity contribution in [2.45, 2.75) is 19.4 Å². The molecule has 0 amide bonds. The van der Waals surface area contributed by atoms with Gasteiger partial charge < -0.3 is 14.6 Å². The maximum Gasteiger partial charge on any atom is 0.320 e. The third-order valence-electron chi connectivity index (χ3n) is 2.28. The summed E-state index contributed by atoms with van der Waals surface area (Å²) in [5.41, 5.74) is 0. The largest absolute Gasteiger partial charge is 0.480 e. The van der Waals surface area contributed by atoms with Crippen LogP contribution in [0.5, 0.6) is 0 Å². The zero-order valence-corrected chi connectivity index (χ0v) is 9.73. The number of carboxylic acids is 1. The Balaban J connectivity index is 4.22. The Morgan fingerprint density at radius 1 is 1.27 bits per heavy atom. The molecule has 90 valence electrons. The lowest BCUT2D eigenvalue weighted by Crippen LogP contribution is -2.44. The van der Waals surface area contributed by atoms with Gasteiger partial charge in [-0.1, -0.05) is 6.92 Å². The molecule has 0 radical (unpaired) electrons. The van der Waals surface area contributed by atoms with E-state index in [-0.39, 0.29) is 0 Å². The smallest absolute Gasteiger partial charge is 0.320 e. The van der Waals surface area contributed by atoms with Crippen molar-refractivity contribution in [1.29, 1.82) is 0 Å². The number of carboxylic acid groups (broad SMARTS) is 1. The summed E-state index contributed by atoms with van der Waals surface area (Å²) in [6.45, 7) is 4.17. The topological polar surface area (TPSA) is 59.0 Å². The van der Waals surface area contributed by atoms with Gasteiger partial charge in [-0.25, -0.2) is 0 Å². The van der Waals surface area contributed by atoms with Gasteiger partial charge in [0, 0.05) is 27.3 Å². The minimum atomic E-state index is -0.787. The van der Waals surface area contributed by atoms with Gasteiger partial charge >= 0.3 is 5.97 Å². The molecule has 1 atom stereocenters. The van der Waals surface area contributed by atoms with Crippen LogP contribution in [0.25, 0.3) is 0 Å². The average Bonchev–Trinajstić information content (AvgIpc) is 2.21. The van der Waals surface area contributed by atoms with E-state index in [2.05, 4.69) is 0 Å². The molecule has 5 heteroatoms. The van der Waals surface area contributed by atoms with Gasteiger partial charge in [0.05, 0.1) is 13.2 Å². The highest BCUT2D eigenvalue weighted by molar-refractivity contribution is 5.73. The summed E-state index contributed by atoms with van der Waals surface area (Å²) in [5, 5.41) is 9.02. The maximum atomic E-state index is 11.0. The van der Waals surface area contributed by atoms with E-state index in [1.165, 1.54) is 0 Å². The Labute approximate surface area is 91.0 Å². The predicted octanol–water partition coefficient (Wildman–Crippen LogP) is 0.444. The third kappa shape index (κ3) is 5.71. The Kier molecular flexibility index (Phi) is 8.27. The maximum absolute atomic E-state index is 11.0. The molecule has 0 rings (SSSR count). The molecule has 0 bridgehead atoms. The van der Waals surface area contributed by atoms with Gasteiger partial charge in [0.25, 0.3) is 0 Å². The molecular formula is C10H21NO4. The zero-order chi connectivity index (χ0) is 11.7. The first-order valence-electron chi connectivity index (χ1n) is 5.12. The van der Waals surface area contributed by atoms with Crippen molar-refractivity contribution in [3.63, 3.8) is 0 Å². The molecule has 0 heterocycles. The van der Waals surface area contributed by atoms with Crippen LogP contribution in [0.3, 0.4) is 0 Å². The fraction of sp³-hybridized carbons (Fsp3) is 0.900. The first-order valence-corrected chi connectivity index (χ1v) is 5.12. The van der Waals surface area contributed by atoms with E-state index in [9.17, 15) is 4.79 Å². The molecular weight excluding hydrogens is 198 g/mol. The molecule has 0 spiro atoms. The highest BCUT2D eigenvalue weighted by Crippen LogP contribution is 2.04. The highest BCUT2D eigenvalue weighted by Gasteiger charge is 2.22. The van der Waals surface area contributed by atoms with Crippen LogP contribution in [-0.2, 0) is 14.3 Å². The van der Waals surface area contributed by atoms with Crippen molar-refractivity contribution in [1.82, 2.24) is 4.90 Å². The third-order valence-corrected chi connectivity index (χ3v) is 2.28. The van der Waals surface area contributed by atoms with Crippen LogP contribution in [0.4, 0.5) is 0 Å². The lowest BCUT2D eigenvalue weighted by molar-refractivity contribution is -0.143. The van der Waals surface area contributed by atoms with E-state index in [0.717, 1.165) is 0 Å². The van der Waals surface area contributed by atoms with E-state index in [0.29, 0.717) is 32.7 Å². The molecule has 0 saturated carbocycles. The van der Waals surface area contributed by atoms with E-state index in [1.807, 2.05) is 11.8 Å². The van der Waals surface area contributed by atoms with Gasteiger partial charge in [-0.2, -0.15) is 0 Å². The van der Waals surface area contributed by atoms with Crippen LogP contribution in [0.1, 0.15) is 13.3 Å². The van der Waals surface area contributed by atoms with Crippen molar-refractivity contribution in [3.8, 4) is 0 Å². The van der Waals surface area contributed by atoms with E-state index in [4.69, 9.17) is 14.6 Å². The van der Waals surface area contributed by atoms with Gasteiger partial charge in [-0.15, -0.1) is 0 Å². The highest BCUT2D eigenvalue weighted by atomic mass is 16.5. The summed E-state index contributed by atoms with van der Waals surface area (Å²) in [6.07, 6.45) is 0.586. The van der Waals surface area contributed by atoms with Crippen molar-refractivity contribution in [3.05, 3.63) is 0 Å². The van der Waals surface area contributed by atoms with Crippen molar-refractivity contribution in [2.75, 3.05) is 40.5 Å². The summed E-state index contributed by atoms with van der Waals surface area (Å²) in [6, 6.07) is -0.449. The molecule has 0 aromatic carbocycles. The Morgan fingerprint density at radius 2 is 1.73 bits per heavy atom. The van der Waals surface area contributed by atoms with Gasteiger partial charge in [-0.3, -0.25) is 9.69 Å². The molecule has 5 nitrogen and oxygen atoms in total. The summed E-state index contributed by atoms with van der Waals surface area (Å²) < 4.78 is 9.90. The van der Waals surface area contributed by atoms with Crippen LogP contribution in [0, 0.1) is 0 Å². The van der Waals surface area contributed by atoms with Crippen LogP contribution < -0.4 is 0 Å². The van der Waals surface area contributed by atoms with Crippen molar-refractivity contribution in [2.24, 2.45) is 0 Å². The fourth-order valence-electron chi connectivity index (χ4n) is 1.43. The number of aliphatic carboxylic acids is 1. The molecule has 0 aliphatic rings. The van der Waals surface area contributed by atoms with E-state index >= 15 is 0 Å². The van der Waals surface area contributed by atoms with Crippen molar-refractivity contribution < 1.29 is 19.4 Å². The monoisotopic (exact) mass is 219 g/mol. The summed E-state index contributed by atoms with van der Waals surface area (Å²) >= 11 is 0. The molecule has 0 aromatic rings. The summed E-state index contributed by atoms with van der Waals surface area (Å²) in [4.78, 5) is 12.8. The molecule has 0 aliphatic heterocycles. The second-order valence-electron chi connectivity index (χ2n) is 3.28. The molecule has 0 aromatic heterocycles. The molecule has 1 N–H and O–H groups in total. The second kappa shape index (κ2) is 8.64. The van der Waals surface area contributed by atoms with Crippen LogP contribution in [0.15, 0.2) is 0 Å². The second-order valence-corrected chi connectivity index (χ2v) is 3.28.